The molecular formula is C17H15ClN2O2. The van der Waals surface area contributed by atoms with Crippen LogP contribution in [-0.4, -0.2) is 22.5 Å². The summed E-state index contributed by atoms with van der Waals surface area (Å²) >= 11 is 5.87. The van der Waals surface area contributed by atoms with Crippen LogP contribution in [0.15, 0.2) is 53.3 Å². The third-order valence-electron chi connectivity index (χ3n) is 3.52. The molecule has 0 bridgehead atoms. The number of methoxy groups -OCH3 is 1. The Hall–Kier alpha value is -2.33. The molecule has 0 saturated carbocycles. The topological polar surface area (TPSA) is 44.1 Å². The van der Waals surface area contributed by atoms with Crippen molar-refractivity contribution < 1.29 is 4.74 Å². The van der Waals surface area contributed by atoms with Crippen LogP contribution in [0, 0.1) is 0 Å². The van der Waals surface area contributed by atoms with Gasteiger partial charge in [-0.2, -0.15) is 0 Å². The van der Waals surface area contributed by atoms with E-state index in [1.807, 2.05) is 42.5 Å². The number of hydrogen-bond donors (Lipinski definition) is 0. The SMILES string of the molecule is COc1ccccc1-c1nc2ccccc2c(=O)n1CCCl. The van der Waals surface area contributed by atoms with Crippen LogP contribution in [0.4, 0.5) is 0 Å². The number of fused-ring (bicyclic) bond motifs is 1. The molecule has 0 unspecified atom stereocenters. The number of aromatic nitrogens is 2. The summed E-state index contributed by atoms with van der Waals surface area (Å²) in [6.45, 7) is 0.394. The fourth-order valence-corrected chi connectivity index (χ4v) is 2.66. The number of nitrogens with zero attached hydrogens (tertiary/aromatic N) is 2. The molecule has 3 aromatic rings. The van der Waals surface area contributed by atoms with Gasteiger partial charge in [-0.15, -0.1) is 11.6 Å². The second-order valence-electron chi connectivity index (χ2n) is 4.80. The van der Waals surface area contributed by atoms with Crippen molar-refractivity contribution in [2.24, 2.45) is 0 Å². The number of hydrogen-bond acceptors (Lipinski definition) is 3. The molecular weight excluding hydrogens is 300 g/mol. The first-order valence-electron chi connectivity index (χ1n) is 6.95. The Bertz CT molecular complexity index is 874. The van der Waals surface area contributed by atoms with E-state index in [0.717, 1.165) is 5.56 Å². The summed E-state index contributed by atoms with van der Waals surface area (Å²) in [5, 5.41) is 0.589. The quantitative estimate of drug-likeness (QED) is 0.694. The first kappa shape index (κ1) is 14.6. The summed E-state index contributed by atoms with van der Waals surface area (Å²) in [4.78, 5) is 17.4. The molecule has 0 aliphatic rings. The van der Waals surface area contributed by atoms with Crippen molar-refractivity contribution in [3.8, 4) is 17.1 Å². The number of rotatable bonds is 4. The Morgan fingerprint density at radius 2 is 1.86 bits per heavy atom. The summed E-state index contributed by atoms with van der Waals surface area (Å²) in [6.07, 6.45) is 0. The third kappa shape index (κ3) is 2.46. The van der Waals surface area contributed by atoms with E-state index in [1.165, 1.54) is 0 Å². The Labute approximate surface area is 132 Å². The van der Waals surface area contributed by atoms with Crippen LogP contribution >= 0.6 is 11.6 Å². The molecule has 1 aromatic heterocycles. The van der Waals surface area contributed by atoms with Gasteiger partial charge < -0.3 is 4.74 Å². The van der Waals surface area contributed by atoms with E-state index in [-0.39, 0.29) is 5.56 Å². The molecule has 2 aromatic carbocycles. The Kier molecular flexibility index (Phi) is 4.11. The first-order valence-corrected chi connectivity index (χ1v) is 7.48. The van der Waals surface area contributed by atoms with Crippen LogP contribution in [-0.2, 0) is 6.54 Å². The van der Waals surface area contributed by atoms with Crippen LogP contribution in [0.5, 0.6) is 5.75 Å². The Morgan fingerprint density at radius 3 is 2.64 bits per heavy atom. The molecule has 0 aliphatic heterocycles. The van der Waals surface area contributed by atoms with E-state index < -0.39 is 0 Å². The maximum absolute atomic E-state index is 12.7. The monoisotopic (exact) mass is 314 g/mol. The van der Waals surface area contributed by atoms with Gasteiger partial charge in [-0.1, -0.05) is 24.3 Å². The minimum absolute atomic E-state index is 0.0906. The van der Waals surface area contributed by atoms with E-state index in [2.05, 4.69) is 4.98 Å². The maximum Gasteiger partial charge on any atom is 0.261 e. The summed E-state index contributed by atoms with van der Waals surface area (Å²) in [5.41, 5.74) is 1.35. The highest BCUT2D eigenvalue weighted by atomic mass is 35.5. The largest absolute Gasteiger partial charge is 0.496 e. The second kappa shape index (κ2) is 6.20. The minimum Gasteiger partial charge on any atom is -0.496 e. The lowest BCUT2D eigenvalue weighted by atomic mass is 10.1. The van der Waals surface area contributed by atoms with Gasteiger partial charge in [0.25, 0.3) is 5.56 Å². The van der Waals surface area contributed by atoms with E-state index in [1.54, 1.807) is 17.7 Å². The molecule has 0 fully saturated rings. The molecule has 112 valence electrons. The lowest BCUT2D eigenvalue weighted by Crippen LogP contribution is -2.24. The molecule has 0 amide bonds. The first-order chi connectivity index (χ1) is 10.8. The van der Waals surface area contributed by atoms with Crippen molar-refractivity contribution in [3.05, 3.63) is 58.9 Å². The fourth-order valence-electron chi connectivity index (χ4n) is 2.49. The molecule has 0 atom stereocenters. The number of ether oxygens (including phenoxy) is 1. The zero-order valence-corrected chi connectivity index (χ0v) is 12.9. The molecule has 5 heteroatoms. The van der Waals surface area contributed by atoms with Crippen LogP contribution in [0.1, 0.15) is 0 Å². The van der Waals surface area contributed by atoms with Gasteiger partial charge in [0.05, 0.1) is 23.6 Å². The molecule has 0 N–H and O–H groups in total. The van der Waals surface area contributed by atoms with E-state index in [9.17, 15) is 4.79 Å². The molecule has 0 spiro atoms. The lowest BCUT2D eigenvalue weighted by molar-refractivity contribution is 0.416. The minimum atomic E-state index is -0.0906. The van der Waals surface area contributed by atoms with E-state index in [0.29, 0.717) is 34.9 Å². The third-order valence-corrected chi connectivity index (χ3v) is 3.69. The van der Waals surface area contributed by atoms with Crippen LogP contribution in [0.3, 0.4) is 0 Å². The Morgan fingerprint density at radius 1 is 1.14 bits per heavy atom. The highest BCUT2D eigenvalue weighted by Crippen LogP contribution is 2.28. The predicted molar refractivity (Wildman–Crippen MR) is 88.7 cm³/mol. The van der Waals surface area contributed by atoms with Crippen LogP contribution < -0.4 is 10.3 Å². The normalized spacial score (nSPS) is 10.8. The van der Waals surface area contributed by atoms with Gasteiger partial charge in [-0.3, -0.25) is 9.36 Å². The maximum atomic E-state index is 12.7. The van der Waals surface area contributed by atoms with Gasteiger partial charge in [0, 0.05) is 12.4 Å². The predicted octanol–water partition coefficient (Wildman–Crippen LogP) is 3.31. The zero-order chi connectivity index (χ0) is 15.5. The highest BCUT2D eigenvalue weighted by Gasteiger charge is 2.15. The summed E-state index contributed by atoms with van der Waals surface area (Å²) in [5.74, 6) is 1.58. The van der Waals surface area contributed by atoms with Gasteiger partial charge in [-0.25, -0.2) is 4.98 Å². The number of para-hydroxylation sites is 2. The standard InChI is InChI=1S/C17H15ClN2O2/c1-22-15-9-5-3-7-13(15)16-19-14-8-4-2-6-12(14)17(21)20(16)11-10-18/h2-9H,10-11H2,1H3. The van der Waals surface area contributed by atoms with Crippen molar-refractivity contribution in [1.29, 1.82) is 0 Å². The smallest absolute Gasteiger partial charge is 0.261 e. The van der Waals surface area contributed by atoms with Crippen LogP contribution in [0.2, 0.25) is 0 Å². The van der Waals surface area contributed by atoms with Gasteiger partial charge in [-0.05, 0) is 24.3 Å². The molecule has 0 aliphatic carbocycles. The van der Waals surface area contributed by atoms with E-state index >= 15 is 0 Å². The van der Waals surface area contributed by atoms with Crippen molar-refractivity contribution in [2.45, 2.75) is 6.54 Å². The summed E-state index contributed by atoms with van der Waals surface area (Å²) in [7, 11) is 1.60. The molecule has 4 nitrogen and oxygen atoms in total. The molecule has 1 heterocycles. The summed E-state index contributed by atoms with van der Waals surface area (Å²) in [6, 6.07) is 14.8. The highest BCUT2D eigenvalue weighted by molar-refractivity contribution is 6.17. The lowest BCUT2D eigenvalue weighted by Gasteiger charge is -2.14. The Balaban J connectivity index is 2.37. The second-order valence-corrected chi connectivity index (χ2v) is 5.18. The van der Waals surface area contributed by atoms with Gasteiger partial charge in [0.15, 0.2) is 0 Å². The summed E-state index contributed by atoms with van der Waals surface area (Å²) < 4.78 is 7.00. The van der Waals surface area contributed by atoms with Crippen molar-refractivity contribution >= 4 is 22.5 Å². The van der Waals surface area contributed by atoms with Crippen molar-refractivity contribution in [3.63, 3.8) is 0 Å². The molecule has 3 rings (SSSR count). The zero-order valence-electron chi connectivity index (χ0n) is 12.1. The number of benzene rings is 2. The van der Waals surface area contributed by atoms with Gasteiger partial charge in [0.1, 0.15) is 11.6 Å². The average molecular weight is 315 g/mol. The molecule has 0 saturated heterocycles. The fraction of sp³-hybridized carbons (Fsp3) is 0.176. The van der Waals surface area contributed by atoms with Crippen molar-refractivity contribution in [2.75, 3.05) is 13.0 Å². The van der Waals surface area contributed by atoms with Crippen molar-refractivity contribution in [1.82, 2.24) is 9.55 Å². The van der Waals surface area contributed by atoms with E-state index in [4.69, 9.17) is 16.3 Å². The molecule has 0 radical (unpaired) electrons. The average Bonchev–Trinajstić information content (AvgIpc) is 2.57. The number of halogens is 1. The van der Waals surface area contributed by atoms with Gasteiger partial charge in [0.2, 0.25) is 0 Å². The number of alkyl halides is 1. The van der Waals surface area contributed by atoms with Gasteiger partial charge >= 0.3 is 0 Å². The van der Waals surface area contributed by atoms with Crippen LogP contribution in [0.25, 0.3) is 22.3 Å². The molecule has 22 heavy (non-hydrogen) atoms.